The van der Waals surface area contributed by atoms with Gasteiger partial charge in [0.05, 0.1) is 12.2 Å². The number of rotatable bonds is 4. The van der Waals surface area contributed by atoms with Gasteiger partial charge in [-0.05, 0) is 18.1 Å². The number of anilines is 1. The van der Waals surface area contributed by atoms with Gasteiger partial charge in [0.15, 0.2) is 0 Å². The van der Waals surface area contributed by atoms with E-state index in [-0.39, 0.29) is 5.92 Å². The van der Waals surface area contributed by atoms with Crippen LogP contribution in [0, 0.1) is 0 Å². The molecule has 0 saturated heterocycles. The van der Waals surface area contributed by atoms with E-state index in [1.165, 1.54) is 6.33 Å². The van der Waals surface area contributed by atoms with E-state index >= 15 is 0 Å². The molecule has 18 heavy (non-hydrogen) atoms. The molecule has 2 aromatic heterocycles. The van der Waals surface area contributed by atoms with Crippen molar-refractivity contribution in [1.29, 1.82) is 0 Å². The standard InChI is InChI=1S/C12H14ClN5/c1-8(2)10-11(13)15-7-16-12(10)14-6-9-4-3-5-17-18-9/h3-5,7-8H,6H2,1-2H3,(H,14,15,16). The summed E-state index contributed by atoms with van der Waals surface area (Å²) >= 11 is 6.09. The summed E-state index contributed by atoms with van der Waals surface area (Å²) in [5, 5.41) is 11.5. The number of hydrogen-bond acceptors (Lipinski definition) is 5. The first kappa shape index (κ1) is 12.7. The van der Waals surface area contributed by atoms with Gasteiger partial charge in [0.2, 0.25) is 0 Å². The Balaban J connectivity index is 2.17. The molecule has 0 aliphatic heterocycles. The molecule has 2 aromatic rings. The number of hydrogen-bond donors (Lipinski definition) is 1. The fraction of sp³-hybridized carbons (Fsp3) is 0.333. The molecule has 5 nitrogen and oxygen atoms in total. The molecule has 1 N–H and O–H groups in total. The molecule has 6 heteroatoms. The van der Waals surface area contributed by atoms with E-state index in [4.69, 9.17) is 11.6 Å². The zero-order chi connectivity index (χ0) is 13.0. The second-order valence-corrected chi connectivity index (χ2v) is 4.51. The van der Waals surface area contributed by atoms with Crippen LogP contribution in [0.15, 0.2) is 24.7 Å². The SMILES string of the molecule is CC(C)c1c(Cl)ncnc1NCc1cccnn1. The lowest BCUT2D eigenvalue weighted by atomic mass is 10.1. The van der Waals surface area contributed by atoms with Crippen LogP contribution in [0.3, 0.4) is 0 Å². The molecular weight excluding hydrogens is 250 g/mol. The van der Waals surface area contributed by atoms with Crippen molar-refractivity contribution in [3.8, 4) is 0 Å². The predicted octanol–water partition coefficient (Wildman–Crippen LogP) is 2.66. The Kier molecular flexibility index (Phi) is 4.04. The Morgan fingerprint density at radius 2 is 2.17 bits per heavy atom. The second kappa shape index (κ2) is 5.73. The van der Waals surface area contributed by atoms with Crippen molar-refractivity contribution in [2.45, 2.75) is 26.3 Å². The van der Waals surface area contributed by atoms with Crippen LogP contribution in [0.4, 0.5) is 5.82 Å². The Morgan fingerprint density at radius 3 is 2.83 bits per heavy atom. The van der Waals surface area contributed by atoms with Crippen LogP contribution < -0.4 is 5.32 Å². The van der Waals surface area contributed by atoms with Gasteiger partial charge in [-0.25, -0.2) is 9.97 Å². The molecule has 0 aromatic carbocycles. The maximum absolute atomic E-state index is 6.09. The van der Waals surface area contributed by atoms with Gasteiger partial charge in [0.1, 0.15) is 17.3 Å². The lowest BCUT2D eigenvalue weighted by Gasteiger charge is -2.13. The first-order valence-corrected chi connectivity index (χ1v) is 6.07. The van der Waals surface area contributed by atoms with Crippen LogP contribution in [0.5, 0.6) is 0 Å². The minimum Gasteiger partial charge on any atom is -0.364 e. The Bertz CT molecular complexity index is 515. The molecular formula is C12H14ClN5. The van der Waals surface area contributed by atoms with Crippen molar-refractivity contribution in [3.05, 3.63) is 41.1 Å². The lowest BCUT2D eigenvalue weighted by Crippen LogP contribution is -2.08. The number of nitrogens with zero attached hydrogens (tertiary/aromatic N) is 4. The average Bonchev–Trinajstić information content (AvgIpc) is 2.37. The number of halogens is 1. The summed E-state index contributed by atoms with van der Waals surface area (Å²) in [6.45, 7) is 4.66. The van der Waals surface area contributed by atoms with Crippen molar-refractivity contribution < 1.29 is 0 Å². The fourth-order valence-corrected chi connectivity index (χ4v) is 1.98. The van der Waals surface area contributed by atoms with E-state index in [0.29, 0.717) is 11.7 Å². The monoisotopic (exact) mass is 263 g/mol. The Hall–Kier alpha value is -1.75. The molecule has 0 bridgehead atoms. The highest BCUT2D eigenvalue weighted by molar-refractivity contribution is 6.30. The molecule has 0 aliphatic carbocycles. The van der Waals surface area contributed by atoms with E-state index in [1.807, 2.05) is 12.1 Å². The smallest absolute Gasteiger partial charge is 0.138 e. The topological polar surface area (TPSA) is 63.6 Å². The summed E-state index contributed by atoms with van der Waals surface area (Å²) < 4.78 is 0. The molecule has 0 atom stereocenters. The molecule has 2 heterocycles. The summed E-state index contributed by atoms with van der Waals surface area (Å²) in [5.41, 5.74) is 1.77. The highest BCUT2D eigenvalue weighted by Gasteiger charge is 2.13. The van der Waals surface area contributed by atoms with E-state index < -0.39 is 0 Å². The number of aromatic nitrogens is 4. The Morgan fingerprint density at radius 1 is 1.33 bits per heavy atom. The third-order valence-corrected chi connectivity index (χ3v) is 2.78. The van der Waals surface area contributed by atoms with Gasteiger partial charge < -0.3 is 5.32 Å². The van der Waals surface area contributed by atoms with Gasteiger partial charge in [-0.2, -0.15) is 10.2 Å². The minimum atomic E-state index is 0.253. The zero-order valence-corrected chi connectivity index (χ0v) is 11.0. The lowest BCUT2D eigenvalue weighted by molar-refractivity contribution is 0.840. The summed E-state index contributed by atoms with van der Waals surface area (Å²) in [7, 11) is 0. The highest BCUT2D eigenvalue weighted by atomic mass is 35.5. The van der Waals surface area contributed by atoms with Gasteiger partial charge in [-0.3, -0.25) is 0 Å². The molecule has 0 unspecified atom stereocenters. The number of nitrogens with one attached hydrogen (secondary N) is 1. The second-order valence-electron chi connectivity index (χ2n) is 4.15. The molecule has 0 spiro atoms. The molecule has 0 aliphatic rings. The summed E-state index contributed by atoms with van der Waals surface area (Å²) in [6, 6.07) is 3.75. The van der Waals surface area contributed by atoms with E-state index in [2.05, 4.69) is 39.3 Å². The van der Waals surface area contributed by atoms with Crippen molar-refractivity contribution in [3.63, 3.8) is 0 Å². The van der Waals surface area contributed by atoms with Gasteiger partial charge >= 0.3 is 0 Å². The van der Waals surface area contributed by atoms with Crippen LogP contribution in [-0.4, -0.2) is 20.2 Å². The van der Waals surface area contributed by atoms with E-state index in [0.717, 1.165) is 17.1 Å². The van der Waals surface area contributed by atoms with Crippen LogP contribution in [-0.2, 0) is 6.54 Å². The maximum Gasteiger partial charge on any atom is 0.138 e. The van der Waals surface area contributed by atoms with Gasteiger partial charge in [-0.1, -0.05) is 25.4 Å². The molecule has 94 valence electrons. The van der Waals surface area contributed by atoms with E-state index in [1.54, 1.807) is 6.20 Å². The fourth-order valence-electron chi connectivity index (χ4n) is 1.63. The summed E-state index contributed by atoms with van der Waals surface area (Å²) in [5.74, 6) is 0.999. The molecule has 0 amide bonds. The zero-order valence-electron chi connectivity index (χ0n) is 10.3. The van der Waals surface area contributed by atoms with Gasteiger partial charge in [0.25, 0.3) is 0 Å². The van der Waals surface area contributed by atoms with E-state index in [9.17, 15) is 0 Å². The van der Waals surface area contributed by atoms with Crippen LogP contribution in [0.1, 0.15) is 31.0 Å². The molecule has 2 rings (SSSR count). The van der Waals surface area contributed by atoms with Crippen molar-refractivity contribution >= 4 is 17.4 Å². The van der Waals surface area contributed by atoms with Crippen LogP contribution >= 0.6 is 11.6 Å². The third kappa shape index (κ3) is 2.92. The molecule has 0 radical (unpaired) electrons. The summed E-state index contributed by atoms with van der Waals surface area (Å²) in [4.78, 5) is 8.22. The average molecular weight is 264 g/mol. The van der Waals surface area contributed by atoms with Crippen molar-refractivity contribution in [2.24, 2.45) is 0 Å². The highest BCUT2D eigenvalue weighted by Crippen LogP contribution is 2.27. The van der Waals surface area contributed by atoms with Crippen molar-refractivity contribution in [2.75, 3.05) is 5.32 Å². The minimum absolute atomic E-state index is 0.253. The van der Waals surface area contributed by atoms with Crippen LogP contribution in [0.2, 0.25) is 5.15 Å². The molecule has 0 saturated carbocycles. The van der Waals surface area contributed by atoms with Crippen molar-refractivity contribution in [1.82, 2.24) is 20.2 Å². The predicted molar refractivity (Wildman–Crippen MR) is 70.5 cm³/mol. The first-order valence-electron chi connectivity index (χ1n) is 5.69. The normalized spacial score (nSPS) is 10.7. The van der Waals surface area contributed by atoms with Gasteiger partial charge in [-0.15, -0.1) is 0 Å². The third-order valence-electron chi connectivity index (χ3n) is 2.48. The maximum atomic E-state index is 6.09. The first-order chi connectivity index (χ1) is 8.68. The summed E-state index contributed by atoms with van der Waals surface area (Å²) in [6.07, 6.45) is 3.10. The van der Waals surface area contributed by atoms with Gasteiger partial charge in [0, 0.05) is 11.8 Å². The molecule has 0 fully saturated rings. The largest absolute Gasteiger partial charge is 0.364 e. The quantitative estimate of drug-likeness (QED) is 0.859. The Labute approximate surface area is 111 Å². The van der Waals surface area contributed by atoms with Crippen LogP contribution in [0.25, 0.3) is 0 Å².